The van der Waals surface area contributed by atoms with Gasteiger partial charge in [0.25, 0.3) is 0 Å². The van der Waals surface area contributed by atoms with E-state index in [1.165, 1.54) is 10.8 Å². The fourth-order valence-corrected chi connectivity index (χ4v) is 2.49. The van der Waals surface area contributed by atoms with Crippen LogP contribution in [0.25, 0.3) is 21.3 Å². The first-order chi connectivity index (χ1) is 8.36. The Kier molecular flexibility index (Phi) is 2.59. The second-order valence-corrected chi connectivity index (χ2v) is 4.83. The first kappa shape index (κ1) is 10.4. The van der Waals surface area contributed by atoms with Gasteiger partial charge in [-0.1, -0.05) is 47.7 Å². The number of hydrogen-bond donors (Lipinski definition) is 1. The highest BCUT2D eigenvalue weighted by Crippen LogP contribution is 2.26. The van der Waals surface area contributed by atoms with Crippen LogP contribution in [0.5, 0.6) is 0 Å². The van der Waals surface area contributed by atoms with Crippen molar-refractivity contribution < 1.29 is 0 Å². The van der Waals surface area contributed by atoms with Gasteiger partial charge in [0, 0.05) is 12.1 Å². The van der Waals surface area contributed by atoms with E-state index in [0.717, 1.165) is 15.6 Å². The van der Waals surface area contributed by atoms with Crippen molar-refractivity contribution in [2.45, 2.75) is 6.54 Å². The second kappa shape index (κ2) is 4.24. The summed E-state index contributed by atoms with van der Waals surface area (Å²) >= 11 is 1.55. The minimum Gasteiger partial charge on any atom is -0.324 e. The first-order valence-corrected chi connectivity index (χ1v) is 6.20. The zero-order valence-electron chi connectivity index (χ0n) is 9.13. The predicted molar refractivity (Wildman–Crippen MR) is 70.7 cm³/mol. The number of benzene rings is 2. The third-order valence-electron chi connectivity index (χ3n) is 2.64. The van der Waals surface area contributed by atoms with Crippen LogP contribution in [0.15, 0.2) is 42.5 Å². The van der Waals surface area contributed by atoms with Gasteiger partial charge in [0.2, 0.25) is 0 Å². The SMILES string of the molecule is NCc1nnc(-c2ccc3ccccc3c2)s1. The summed E-state index contributed by atoms with van der Waals surface area (Å²) in [5, 5.41) is 12.4. The maximum Gasteiger partial charge on any atom is 0.147 e. The summed E-state index contributed by atoms with van der Waals surface area (Å²) in [6, 6.07) is 14.6. The van der Waals surface area contributed by atoms with Crippen LogP contribution in [0.2, 0.25) is 0 Å². The number of fused-ring (bicyclic) bond motifs is 1. The molecule has 1 heterocycles. The monoisotopic (exact) mass is 241 g/mol. The topological polar surface area (TPSA) is 51.8 Å². The molecule has 0 unspecified atom stereocenters. The number of aromatic nitrogens is 2. The Hall–Kier alpha value is -1.78. The lowest BCUT2D eigenvalue weighted by atomic mass is 10.1. The average molecular weight is 241 g/mol. The molecule has 4 heteroatoms. The maximum absolute atomic E-state index is 5.54. The molecular weight excluding hydrogens is 230 g/mol. The van der Waals surface area contributed by atoms with Crippen LogP contribution >= 0.6 is 11.3 Å². The fraction of sp³-hybridized carbons (Fsp3) is 0.0769. The van der Waals surface area contributed by atoms with E-state index in [2.05, 4.69) is 40.5 Å². The number of rotatable bonds is 2. The molecule has 84 valence electrons. The highest BCUT2D eigenvalue weighted by atomic mass is 32.1. The van der Waals surface area contributed by atoms with Gasteiger partial charge >= 0.3 is 0 Å². The van der Waals surface area contributed by atoms with Crippen molar-refractivity contribution in [3.05, 3.63) is 47.5 Å². The van der Waals surface area contributed by atoms with Gasteiger partial charge in [-0.3, -0.25) is 0 Å². The van der Waals surface area contributed by atoms with Crippen LogP contribution in [0.4, 0.5) is 0 Å². The van der Waals surface area contributed by atoms with Gasteiger partial charge in [-0.25, -0.2) is 0 Å². The smallest absolute Gasteiger partial charge is 0.147 e. The molecule has 0 saturated carbocycles. The van der Waals surface area contributed by atoms with Gasteiger partial charge in [-0.05, 0) is 16.8 Å². The zero-order valence-corrected chi connectivity index (χ0v) is 9.95. The van der Waals surface area contributed by atoms with Gasteiger partial charge in [0.05, 0.1) is 0 Å². The van der Waals surface area contributed by atoms with Crippen molar-refractivity contribution in [1.82, 2.24) is 10.2 Å². The van der Waals surface area contributed by atoms with Crippen LogP contribution in [0.3, 0.4) is 0 Å². The summed E-state index contributed by atoms with van der Waals surface area (Å²) < 4.78 is 0. The van der Waals surface area contributed by atoms with E-state index in [9.17, 15) is 0 Å². The molecule has 0 saturated heterocycles. The van der Waals surface area contributed by atoms with Crippen LogP contribution in [0, 0.1) is 0 Å². The second-order valence-electron chi connectivity index (χ2n) is 3.77. The highest BCUT2D eigenvalue weighted by Gasteiger charge is 2.05. The summed E-state index contributed by atoms with van der Waals surface area (Å²) in [6.07, 6.45) is 0. The van der Waals surface area contributed by atoms with E-state index in [4.69, 9.17) is 5.73 Å². The lowest BCUT2D eigenvalue weighted by molar-refractivity contribution is 0.960. The largest absolute Gasteiger partial charge is 0.324 e. The zero-order chi connectivity index (χ0) is 11.7. The lowest BCUT2D eigenvalue weighted by Gasteiger charge is -1.99. The Bertz CT molecular complexity index is 660. The van der Waals surface area contributed by atoms with E-state index in [-0.39, 0.29) is 0 Å². The van der Waals surface area contributed by atoms with Crippen LogP contribution in [-0.4, -0.2) is 10.2 Å². The molecule has 0 aliphatic rings. The van der Waals surface area contributed by atoms with E-state index in [1.807, 2.05) is 12.1 Å². The van der Waals surface area contributed by atoms with Gasteiger partial charge in [0.1, 0.15) is 10.0 Å². The summed E-state index contributed by atoms with van der Waals surface area (Å²) in [5.74, 6) is 0. The minimum absolute atomic E-state index is 0.450. The third-order valence-corrected chi connectivity index (χ3v) is 3.63. The Morgan fingerprint density at radius 3 is 2.59 bits per heavy atom. The molecule has 0 spiro atoms. The molecule has 3 aromatic rings. The van der Waals surface area contributed by atoms with Gasteiger partial charge in [0.15, 0.2) is 0 Å². The molecule has 0 amide bonds. The molecule has 0 atom stereocenters. The van der Waals surface area contributed by atoms with Crippen molar-refractivity contribution in [2.24, 2.45) is 5.73 Å². The standard InChI is InChI=1S/C13H11N3S/c14-8-12-15-16-13(17-12)11-6-5-9-3-1-2-4-10(9)7-11/h1-7H,8,14H2. The molecule has 0 radical (unpaired) electrons. The molecule has 0 bridgehead atoms. The molecule has 0 aliphatic heterocycles. The van der Waals surface area contributed by atoms with Crippen LogP contribution in [-0.2, 0) is 6.54 Å². The molecule has 1 aromatic heterocycles. The summed E-state index contributed by atoms with van der Waals surface area (Å²) in [7, 11) is 0. The summed E-state index contributed by atoms with van der Waals surface area (Å²) in [6.45, 7) is 0.450. The highest BCUT2D eigenvalue weighted by molar-refractivity contribution is 7.14. The fourth-order valence-electron chi connectivity index (χ4n) is 1.78. The molecule has 3 nitrogen and oxygen atoms in total. The quantitative estimate of drug-likeness (QED) is 0.750. The number of hydrogen-bond acceptors (Lipinski definition) is 4. The van der Waals surface area contributed by atoms with Crippen molar-refractivity contribution in [1.29, 1.82) is 0 Å². The molecular formula is C13H11N3S. The molecule has 2 N–H and O–H groups in total. The normalized spacial score (nSPS) is 10.9. The molecule has 3 rings (SSSR count). The Labute approximate surface area is 103 Å². The Morgan fingerprint density at radius 2 is 1.82 bits per heavy atom. The van der Waals surface area contributed by atoms with Crippen molar-refractivity contribution >= 4 is 22.1 Å². The van der Waals surface area contributed by atoms with Gasteiger partial charge in [-0.2, -0.15) is 0 Å². The molecule has 0 fully saturated rings. The van der Waals surface area contributed by atoms with Crippen molar-refractivity contribution in [3.8, 4) is 10.6 Å². The Balaban J connectivity index is 2.11. The maximum atomic E-state index is 5.54. The van der Waals surface area contributed by atoms with Crippen LogP contribution < -0.4 is 5.73 Å². The van der Waals surface area contributed by atoms with Crippen LogP contribution in [0.1, 0.15) is 5.01 Å². The van der Waals surface area contributed by atoms with Crippen molar-refractivity contribution in [2.75, 3.05) is 0 Å². The average Bonchev–Trinajstić information content (AvgIpc) is 2.87. The van der Waals surface area contributed by atoms with Crippen molar-refractivity contribution in [3.63, 3.8) is 0 Å². The lowest BCUT2D eigenvalue weighted by Crippen LogP contribution is -1.94. The number of nitrogens with zero attached hydrogens (tertiary/aromatic N) is 2. The molecule has 0 aliphatic carbocycles. The Morgan fingerprint density at radius 1 is 1.00 bits per heavy atom. The summed E-state index contributed by atoms with van der Waals surface area (Å²) in [5.41, 5.74) is 6.64. The summed E-state index contributed by atoms with van der Waals surface area (Å²) in [4.78, 5) is 0. The van der Waals surface area contributed by atoms with E-state index in [1.54, 1.807) is 11.3 Å². The van der Waals surface area contributed by atoms with E-state index in [0.29, 0.717) is 6.54 Å². The molecule has 2 aromatic carbocycles. The minimum atomic E-state index is 0.450. The van der Waals surface area contributed by atoms with Gasteiger partial charge in [-0.15, -0.1) is 10.2 Å². The first-order valence-electron chi connectivity index (χ1n) is 5.38. The van der Waals surface area contributed by atoms with E-state index < -0.39 is 0 Å². The number of nitrogens with two attached hydrogens (primary N) is 1. The third kappa shape index (κ3) is 1.92. The molecule has 17 heavy (non-hydrogen) atoms. The van der Waals surface area contributed by atoms with E-state index >= 15 is 0 Å². The van der Waals surface area contributed by atoms with Gasteiger partial charge < -0.3 is 5.73 Å². The predicted octanol–water partition coefficient (Wildman–Crippen LogP) is 2.82.